The van der Waals surface area contributed by atoms with Gasteiger partial charge in [-0.2, -0.15) is 0 Å². The molecule has 0 aliphatic heterocycles. The highest BCUT2D eigenvalue weighted by Crippen LogP contribution is 2.23. The Morgan fingerprint density at radius 3 is 2.32 bits per heavy atom. The molecule has 0 amide bonds. The summed E-state index contributed by atoms with van der Waals surface area (Å²) in [6, 6.07) is 10.1. The van der Waals surface area contributed by atoms with E-state index in [4.69, 9.17) is 4.74 Å². The molecule has 2 aromatic rings. The minimum Gasteiger partial charge on any atom is -0.439 e. The summed E-state index contributed by atoms with van der Waals surface area (Å²) >= 11 is 0. The molecule has 0 radical (unpaired) electrons. The maximum absolute atomic E-state index is 5.82. The lowest BCUT2D eigenvalue weighted by atomic mass is 10.1. The molecule has 0 aliphatic rings. The van der Waals surface area contributed by atoms with Crippen molar-refractivity contribution in [1.82, 2.24) is 10.3 Å². The minimum absolute atomic E-state index is 0.641. The highest BCUT2D eigenvalue weighted by atomic mass is 16.5. The molecule has 2 rings (SSSR count). The molecule has 0 unspecified atom stereocenters. The van der Waals surface area contributed by atoms with Crippen molar-refractivity contribution in [1.29, 1.82) is 0 Å². The fourth-order valence-corrected chi connectivity index (χ4v) is 2.11. The van der Waals surface area contributed by atoms with Crippen molar-refractivity contribution < 1.29 is 4.74 Å². The summed E-state index contributed by atoms with van der Waals surface area (Å²) in [5.74, 6) is 1.48. The molecule has 1 aromatic heterocycles. The molecule has 0 spiro atoms. The van der Waals surface area contributed by atoms with Gasteiger partial charge in [-0.05, 0) is 56.6 Å². The van der Waals surface area contributed by atoms with Gasteiger partial charge in [0.1, 0.15) is 5.75 Å². The maximum Gasteiger partial charge on any atom is 0.219 e. The van der Waals surface area contributed by atoms with Gasteiger partial charge in [0.25, 0.3) is 0 Å². The number of pyridine rings is 1. The van der Waals surface area contributed by atoms with E-state index in [-0.39, 0.29) is 0 Å². The predicted octanol–water partition coefficient (Wildman–Crippen LogP) is 3.52. The van der Waals surface area contributed by atoms with Crippen LogP contribution in [0.1, 0.15) is 22.4 Å². The summed E-state index contributed by atoms with van der Waals surface area (Å²) in [6.45, 7) is 6.95. The fourth-order valence-electron chi connectivity index (χ4n) is 2.11. The summed E-state index contributed by atoms with van der Waals surface area (Å²) in [6.07, 6.45) is 0. The Hall–Kier alpha value is -1.87. The van der Waals surface area contributed by atoms with Gasteiger partial charge in [-0.3, -0.25) is 0 Å². The first-order valence-corrected chi connectivity index (χ1v) is 6.46. The van der Waals surface area contributed by atoms with Crippen LogP contribution >= 0.6 is 0 Å². The SMILES string of the molecule is CNCc1ccc(Oc2cc(C)cc(C)c2)nc1C. The van der Waals surface area contributed by atoms with Crippen molar-refractivity contribution in [2.75, 3.05) is 7.05 Å². The van der Waals surface area contributed by atoms with Crippen LogP contribution in [0.5, 0.6) is 11.6 Å². The van der Waals surface area contributed by atoms with Gasteiger partial charge in [0.15, 0.2) is 0 Å². The van der Waals surface area contributed by atoms with Gasteiger partial charge in [0, 0.05) is 18.3 Å². The molecule has 1 heterocycles. The first-order chi connectivity index (χ1) is 9.08. The summed E-state index contributed by atoms with van der Waals surface area (Å²) in [5.41, 5.74) is 4.57. The second-order valence-corrected chi connectivity index (χ2v) is 4.85. The van der Waals surface area contributed by atoms with E-state index in [9.17, 15) is 0 Å². The van der Waals surface area contributed by atoms with E-state index < -0.39 is 0 Å². The highest BCUT2D eigenvalue weighted by Gasteiger charge is 2.04. The van der Waals surface area contributed by atoms with E-state index in [1.165, 1.54) is 16.7 Å². The molecule has 0 bridgehead atoms. The lowest BCUT2D eigenvalue weighted by Gasteiger charge is -2.10. The molecule has 0 saturated carbocycles. The number of aromatic nitrogens is 1. The van der Waals surface area contributed by atoms with Crippen LogP contribution in [0.4, 0.5) is 0 Å². The predicted molar refractivity (Wildman–Crippen MR) is 77.7 cm³/mol. The third kappa shape index (κ3) is 3.55. The molecule has 0 saturated heterocycles. The number of hydrogen-bond donors (Lipinski definition) is 1. The lowest BCUT2D eigenvalue weighted by Crippen LogP contribution is -2.07. The Bertz CT molecular complexity index is 559. The van der Waals surface area contributed by atoms with Gasteiger partial charge in [-0.1, -0.05) is 12.1 Å². The van der Waals surface area contributed by atoms with Gasteiger partial charge in [-0.15, -0.1) is 0 Å². The molecule has 0 atom stereocenters. The average Bonchev–Trinajstić information content (AvgIpc) is 2.31. The van der Waals surface area contributed by atoms with E-state index >= 15 is 0 Å². The van der Waals surface area contributed by atoms with Crippen LogP contribution in [-0.4, -0.2) is 12.0 Å². The van der Waals surface area contributed by atoms with E-state index in [0.29, 0.717) is 5.88 Å². The van der Waals surface area contributed by atoms with E-state index in [2.05, 4.69) is 36.3 Å². The van der Waals surface area contributed by atoms with E-state index in [1.807, 2.05) is 32.2 Å². The Balaban J connectivity index is 2.21. The van der Waals surface area contributed by atoms with Gasteiger partial charge in [0.2, 0.25) is 5.88 Å². The van der Waals surface area contributed by atoms with E-state index in [1.54, 1.807) is 0 Å². The number of hydrogen-bond acceptors (Lipinski definition) is 3. The largest absolute Gasteiger partial charge is 0.439 e. The van der Waals surface area contributed by atoms with Crippen LogP contribution < -0.4 is 10.1 Å². The van der Waals surface area contributed by atoms with Crippen molar-refractivity contribution >= 4 is 0 Å². The molecule has 1 aromatic carbocycles. The first-order valence-electron chi connectivity index (χ1n) is 6.46. The first kappa shape index (κ1) is 13.6. The molecule has 3 heteroatoms. The molecule has 1 N–H and O–H groups in total. The molecule has 100 valence electrons. The number of nitrogens with zero attached hydrogens (tertiary/aromatic N) is 1. The normalized spacial score (nSPS) is 10.5. The summed E-state index contributed by atoms with van der Waals surface area (Å²) in [7, 11) is 1.93. The van der Waals surface area contributed by atoms with Gasteiger partial charge in [-0.25, -0.2) is 4.98 Å². The highest BCUT2D eigenvalue weighted by molar-refractivity contribution is 5.36. The van der Waals surface area contributed by atoms with Crippen molar-refractivity contribution in [3.8, 4) is 11.6 Å². The number of ether oxygens (including phenoxy) is 1. The standard InChI is InChI=1S/C16H20N2O/c1-11-7-12(2)9-15(8-11)19-16-6-5-14(10-17-4)13(3)18-16/h5-9,17H,10H2,1-4H3. The summed E-state index contributed by atoms with van der Waals surface area (Å²) < 4.78 is 5.82. The van der Waals surface area contributed by atoms with Crippen molar-refractivity contribution in [2.45, 2.75) is 27.3 Å². The number of benzene rings is 1. The molecular formula is C16H20N2O. The Kier molecular flexibility index (Phi) is 4.17. The van der Waals surface area contributed by atoms with Crippen LogP contribution in [0.3, 0.4) is 0 Å². The zero-order valence-electron chi connectivity index (χ0n) is 11.9. The Morgan fingerprint density at radius 2 is 1.74 bits per heavy atom. The van der Waals surface area contributed by atoms with Crippen LogP contribution in [0.2, 0.25) is 0 Å². The van der Waals surface area contributed by atoms with Crippen LogP contribution in [0.25, 0.3) is 0 Å². The second kappa shape index (κ2) is 5.85. The Morgan fingerprint density at radius 1 is 1.05 bits per heavy atom. The smallest absolute Gasteiger partial charge is 0.219 e. The molecule has 3 nitrogen and oxygen atoms in total. The van der Waals surface area contributed by atoms with Crippen molar-refractivity contribution in [3.63, 3.8) is 0 Å². The summed E-state index contributed by atoms with van der Waals surface area (Å²) in [5, 5.41) is 3.13. The quantitative estimate of drug-likeness (QED) is 0.908. The monoisotopic (exact) mass is 256 g/mol. The van der Waals surface area contributed by atoms with Gasteiger partial charge in [0.05, 0.1) is 0 Å². The maximum atomic E-state index is 5.82. The zero-order chi connectivity index (χ0) is 13.8. The number of aryl methyl sites for hydroxylation is 3. The molecule has 19 heavy (non-hydrogen) atoms. The molecule has 0 fully saturated rings. The minimum atomic E-state index is 0.641. The lowest BCUT2D eigenvalue weighted by molar-refractivity contribution is 0.460. The van der Waals surface area contributed by atoms with Crippen LogP contribution in [0.15, 0.2) is 30.3 Å². The fraction of sp³-hybridized carbons (Fsp3) is 0.312. The van der Waals surface area contributed by atoms with Crippen LogP contribution in [0, 0.1) is 20.8 Å². The zero-order valence-corrected chi connectivity index (χ0v) is 11.9. The van der Waals surface area contributed by atoms with Crippen molar-refractivity contribution in [2.24, 2.45) is 0 Å². The molecular weight excluding hydrogens is 236 g/mol. The molecule has 0 aliphatic carbocycles. The number of nitrogens with one attached hydrogen (secondary N) is 1. The second-order valence-electron chi connectivity index (χ2n) is 4.85. The van der Waals surface area contributed by atoms with Gasteiger partial charge >= 0.3 is 0 Å². The third-order valence-corrected chi connectivity index (χ3v) is 2.95. The number of rotatable bonds is 4. The topological polar surface area (TPSA) is 34.1 Å². The van der Waals surface area contributed by atoms with E-state index in [0.717, 1.165) is 18.0 Å². The van der Waals surface area contributed by atoms with Crippen molar-refractivity contribution in [3.05, 3.63) is 52.7 Å². The van der Waals surface area contributed by atoms with Crippen LogP contribution in [-0.2, 0) is 6.54 Å². The summed E-state index contributed by atoms with van der Waals surface area (Å²) in [4.78, 5) is 4.48. The van der Waals surface area contributed by atoms with Gasteiger partial charge < -0.3 is 10.1 Å². The Labute approximate surface area is 114 Å². The average molecular weight is 256 g/mol. The third-order valence-electron chi connectivity index (χ3n) is 2.95.